The standard InChI is InChI=1S/C15H20BrClO/c1-15(2,3)12(9-16)6-11-8-13(17)7-10-4-5-18-14(10)11/h7-8,12H,4-6,9H2,1-3H3. The molecule has 3 heteroatoms. The van der Waals surface area contributed by atoms with Crippen LogP contribution in [0.4, 0.5) is 0 Å². The minimum absolute atomic E-state index is 0.275. The Morgan fingerprint density at radius 2 is 2.11 bits per heavy atom. The second-order valence-corrected chi connectivity index (χ2v) is 7.16. The molecule has 18 heavy (non-hydrogen) atoms. The van der Waals surface area contributed by atoms with Crippen LogP contribution >= 0.6 is 27.5 Å². The number of fused-ring (bicyclic) bond motifs is 1. The highest BCUT2D eigenvalue weighted by Gasteiger charge is 2.26. The van der Waals surface area contributed by atoms with E-state index >= 15 is 0 Å². The molecule has 1 aliphatic rings. The SMILES string of the molecule is CC(C)(C)C(CBr)Cc1cc(Cl)cc2c1OCC2. The lowest BCUT2D eigenvalue weighted by atomic mass is 9.78. The van der Waals surface area contributed by atoms with Crippen LogP contribution in [-0.2, 0) is 12.8 Å². The molecule has 1 unspecified atom stereocenters. The van der Waals surface area contributed by atoms with Crippen LogP contribution < -0.4 is 4.74 Å². The number of halogens is 2. The van der Waals surface area contributed by atoms with E-state index in [-0.39, 0.29) is 5.41 Å². The minimum Gasteiger partial charge on any atom is -0.493 e. The Bertz CT molecular complexity index is 437. The lowest BCUT2D eigenvalue weighted by molar-refractivity contribution is 0.263. The first-order valence-corrected chi connectivity index (χ1v) is 7.92. The second-order valence-electron chi connectivity index (χ2n) is 6.07. The van der Waals surface area contributed by atoms with E-state index in [1.54, 1.807) is 0 Å². The van der Waals surface area contributed by atoms with Gasteiger partial charge in [-0.15, -0.1) is 0 Å². The number of benzene rings is 1. The fraction of sp³-hybridized carbons (Fsp3) is 0.600. The average molecular weight is 332 g/mol. The molecule has 1 aromatic rings. The van der Waals surface area contributed by atoms with Gasteiger partial charge in [0.2, 0.25) is 0 Å². The number of hydrogen-bond donors (Lipinski definition) is 0. The first kappa shape index (κ1) is 14.2. The molecule has 0 saturated heterocycles. The predicted octanol–water partition coefficient (Wildman–Crippen LogP) is 4.87. The van der Waals surface area contributed by atoms with Crippen LogP contribution in [0.5, 0.6) is 5.75 Å². The first-order chi connectivity index (χ1) is 8.41. The van der Waals surface area contributed by atoms with E-state index in [0.29, 0.717) is 5.92 Å². The topological polar surface area (TPSA) is 9.23 Å². The largest absolute Gasteiger partial charge is 0.493 e. The van der Waals surface area contributed by atoms with Crippen LogP contribution in [0.3, 0.4) is 0 Å². The van der Waals surface area contributed by atoms with E-state index < -0.39 is 0 Å². The van der Waals surface area contributed by atoms with Gasteiger partial charge in [-0.05, 0) is 41.0 Å². The molecule has 1 aromatic carbocycles. The molecule has 1 atom stereocenters. The summed E-state index contributed by atoms with van der Waals surface area (Å²) in [6.45, 7) is 7.64. The van der Waals surface area contributed by atoms with Crippen LogP contribution in [-0.4, -0.2) is 11.9 Å². The van der Waals surface area contributed by atoms with Crippen LogP contribution in [0.2, 0.25) is 5.02 Å². The summed E-state index contributed by atoms with van der Waals surface area (Å²) in [4.78, 5) is 0. The maximum atomic E-state index is 6.20. The number of hydrogen-bond acceptors (Lipinski definition) is 1. The van der Waals surface area contributed by atoms with Gasteiger partial charge in [0.25, 0.3) is 0 Å². The first-order valence-electron chi connectivity index (χ1n) is 6.42. The molecule has 0 radical (unpaired) electrons. The molecule has 1 aliphatic heterocycles. The van der Waals surface area contributed by atoms with Crippen molar-refractivity contribution < 1.29 is 4.74 Å². The molecule has 0 bridgehead atoms. The number of rotatable bonds is 3. The van der Waals surface area contributed by atoms with Crippen LogP contribution in [0.15, 0.2) is 12.1 Å². The van der Waals surface area contributed by atoms with E-state index in [1.165, 1.54) is 11.1 Å². The average Bonchev–Trinajstić information content (AvgIpc) is 2.71. The molecule has 0 aliphatic carbocycles. The molecule has 0 aromatic heterocycles. The predicted molar refractivity (Wildman–Crippen MR) is 81.1 cm³/mol. The zero-order chi connectivity index (χ0) is 13.3. The number of alkyl halides is 1. The molecule has 0 spiro atoms. The summed E-state index contributed by atoms with van der Waals surface area (Å²) in [7, 11) is 0. The summed E-state index contributed by atoms with van der Waals surface area (Å²) >= 11 is 9.84. The smallest absolute Gasteiger partial charge is 0.125 e. The molecule has 100 valence electrons. The third-order valence-corrected chi connectivity index (χ3v) is 4.70. The van der Waals surface area contributed by atoms with Gasteiger partial charge < -0.3 is 4.74 Å². The molecule has 2 rings (SSSR count). The normalized spacial score (nSPS) is 16.3. The molecule has 0 N–H and O–H groups in total. The van der Waals surface area contributed by atoms with Crippen molar-refractivity contribution in [2.45, 2.75) is 33.6 Å². The van der Waals surface area contributed by atoms with Crippen LogP contribution in [0.1, 0.15) is 31.9 Å². The Morgan fingerprint density at radius 3 is 2.72 bits per heavy atom. The van der Waals surface area contributed by atoms with Gasteiger partial charge in [0.05, 0.1) is 6.61 Å². The van der Waals surface area contributed by atoms with E-state index in [1.807, 2.05) is 6.07 Å². The summed E-state index contributed by atoms with van der Waals surface area (Å²) in [5, 5.41) is 1.83. The highest BCUT2D eigenvalue weighted by molar-refractivity contribution is 9.09. The molecular weight excluding hydrogens is 312 g/mol. The van der Waals surface area contributed by atoms with Crippen molar-refractivity contribution in [2.24, 2.45) is 11.3 Å². The van der Waals surface area contributed by atoms with Crippen molar-refractivity contribution >= 4 is 27.5 Å². The number of ether oxygens (including phenoxy) is 1. The van der Waals surface area contributed by atoms with Crippen molar-refractivity contribution in [1.82, 2.24) is 0 Å². The third kappa shape index (κ3) is 3.03. The van der Waals surface area contributed by atoms with Gasteiger partial charge in [0, 0.05) is 16.8 Å². The Balaban J connectivity index is 2.29. The Morgan fingerprint density at radius 1 is 1.39 bits per heavy atom. The van der Waals surface area contributed by atoms with Crippen LogP contribution in [0.25, 0.3) is 0 Å². The van der Waals surface area contributed by atoms with Crippen molar-refractivity contribution in [2.75, 3.05) is 11.9 Å². The van der Waals surface area contributed by atoms with Gasteiger partial charge in [-0.2, -0.15) is 0 Å². The Hall–Kier alpha value is -0.210. The van der Waals surface area contributed by atoms with Gasteiger partial charge in [0.1, 0.15) is 5.75 Å². The van der Waals surface area contributed by atoms with Gasteiger partial charge in [-0.1, -0.05) is 48.3 Å². The third-order valence-electron chi connectivity index (χ3n) is 3.70. The molecule has 0 amide bonds. The highest BCUT2D eigenvalue weighted by Crippen LogP contribution is 2.38. The van der Waals surface area contributed by atoms with Gasteiger partial charge in [-0.3, -0.25) is 0 Å². The monoisotopic (exact) mass is 330 g/mol. The summed E-state index contributed by atoms with van der Waals surface area (Å²) < 4.78 is 5.77. The van der Waals surface area contributed by atoms with Gasteiger partial charge >= 0.3 is 0 Å². The van der Waals surface area contributed by atoms with Gasteiger partial charge in [-0.25, -0.2) is 0 Å². The maximum absolute atomic E-state index is 6.20. The summed E-state index contributed by atoms with van der Waals surface area (Å²) in [5.41, 5.74) is 2.80. The Kier molecular flexibility index (Phi) is 4.28. The maximum Gasteiger partial charge on any atom is 0.125 e. The molecule has 0 fully saturated rings. The zero-order valence-corrected chi connectivity index (χ0v) is 13.6. The van der Waals surface area contributed by atoms with Crippen molar-refractivity contribution in [1.29, 1.82) is 0 Å². The Labute approximate surface area is 123 Å². The summed E-state index contributed by atoms with van der Waals surface area (Å²) in [6, 6.07) is 4.10. The minimum atomic E-state index is 0.275. The second kappa shape index (κ2) is 5.42. The summed E-state index contributed by atoms with van der Waals surface area (Å²) in [5.74, 6) is 1.65. The van der Waals surface area contributed by atoms with E-state index in [4.69, 9.17) is 16.3 Å². The molecule has 1 nitrogen and oxygen atoms in total. The van der Waals surface area contributed by atoms with Gasteiger partial charge in [0.15, 0.2) is 0 Å². The van der Waals surface area contributed by atoms with Crippen molar-refractivity contribution in [3.63, 3.8) is 0 Å². The molecule has 1 heterocycles. The quantitative estimate of drug-likeness (QED) is 0.718. The zero-order valence-electron chi connectivity index (χ0n) is 11.2. The van der Waals surface area contributed by atoms with E-state index in [9.17, 15) is 0 Å². The lowest BCUT2D eigenvalue weighted by Crippen LogP contribution is -2.24. The summed E-state index contributed by atoms with van der Waals surface area (Å²) in [6.07, 6.45) is 2.00. The highest BCUT2D eigenvalue weighted by atomic mass is 79.9. The van der Waals surface area contributed by atoms with Crippen molar-refractivity contribution in [3.05, 3.63) is 28.3 Å². The fourth-order valence-corrected chi connectivity index (χ4v) is 3.82. The van der Waals surface area contributed by atoms with E-state index in [0.717, 1.165) is 35.6 Å². The molecule has 0 saturated carbocycles. The van der Waals surface area contributed by atoms with E-state index in [2.05, 4.69) is 42.8 Å². The fourth-order valence-electron chi connectivity index (χ4n) is 2.36. The lowest BCUT2D eigenvalue weighted by Gasteiger charge is -2.29. The van der Waals surface area contributed by atoms with Crippen molar-refractivity contribution in [3.8, 4) is 5.75 Å². The van der Waals surface area contributed by atoms with Crippen LogP contribution in [0, 0.1) is 11.3 Å². The molecular formula is C15H20BrClO.